The van der Waals surface area contributed by atoms with Crippen LogP contribution >= 0.6 is 22.7 Å². The third kappa shape index (κ3) is 4.22. The Hall–Kier alpha value is -3.17. The summed E-state index contributed by atoms with van der Waals surface area (Å²) in [5, 5.41) is 5.22. The van der Waals surface area contributed by atoms with Gasteiger partial charge in [-0.3, -0.25) is 19.1 Å². The number of ketones is 1. The van der Waals surface area contributed by atoms with Gasteiger partial charge in [0.1, 0.15) is 5.01 Å². The Balaban J connectivity index is 1.37. The van der Waals surface area contributed by atoms with Crippen molar-refractivity contribution in [2.75, 3.05) is 6.61 Å². The van der Waals surface area contributed by atoms with Crippen molar-refractivity contribution in [2.24, 2.45) is 0 Å². The van der Waals surface area contributed by atoms with Crippen molar-refractivity contribution in [1.29, 1.82) is 0 Å². The van der Waals surface area contributed by atoms with Gasteiger partial charge in [-0.15, -0.1) is 22.7 Å². The SMILES string of the molecule is Cc1cc(C(=O)COC(=O)Cc2csc(-c3ccccn3)n2)c(C)n1-c1nccs1. The van der Waals surface area contributed by atoms with Crippen LogP contribution in [0, 0.1) is 13.8 Å². The molecule has 0 fully saturated rings. The minimum atomic E-state index is -0.491. The molecule has 0 aromatic carbocycles. The zero-order valence-corrected chi connectivity index (χ0v) is 18.0. The van der Waals surface area contributed by atoms with Crippen LogP contribution in [0.4, 0.5) is 0 Å². The van der Waals surface area contributed by atoms with E-state index in [1.54, 1.807) is 23.8 Å². The number of carbonyl (C=O) groups is 2. The lowest BCUT2D eigenvalue weighted by molar-refractivity contribution is -0.141. The van der Waals surface area contributed by atoms with E-state index in [4.69, 9.17) is 4.74 Å². The van der Waals surface area contributed by atoms with E-state index >= 15 is 0 Å². The maximum atomic E-state index is 12.6. The molecule has 0 amide bonds. The van der Waals surface area contributed by atoms with Crippen LogP contribution in [0.15, 0.2) is 47.4 Å². The van der Waals surface area contributed by atoms with E-state index < -0.39 is 5.97 Å². The van der Waals surface area contributed by atoms with Crippen molar-refractivity contribution in [1.82, 2.24) is 19.5 Å². The molecular formula is C21H18N4O3S2. The number of Topliss-reactive ketones (excluding diaryl/α,β-unsaturated/α-hetero) is 1. The fourth-order valence-electron chi connectivity index (χ4n) is 3.08. The van der Waals surface area contributed by atoms with Gasteiger partial charge < -0.3 is 4.74 Å². The molecule has 9 heteroatoms. The first-order valence-corrected chi connectivity index (χ1v) is 10.9. The van der Waals surface area contributed by atoms with Crippen LogP contribution in [0.25, 0.3) is 15.8 Å². The van der Waals surface area contributed by atoms with Crippen LogP contribution in [0.1, 0.15) is 27.4 Å². The lowest BCUT2D eigenvalue weighted by atomic mass is 10.1. The Kier molecular flexibility index (Phi) is 5.82. The fraction of sp³-hybridized carbons (Fsp3) is 0.190. The Labute approximate surface area is 181 Å². The average Bonchev–Trinajstić information content (AvgIpc) is 3.48. The van der Waals surface area contributed by atoms with Crippen LogP contribution in [0.3, 0.4) is 0 Å². The van der Waals surface area contributed by atoms with Crippen molar-refractivity contribution in [2.45, 2.75) is 20.3 Å². The molecule has 0 aliphatic rings. The number of aryl methyl sites for hydroxylation is 1. The van der Waals surface area contributed by atoms with Gasteiger partial charge in [-0.2, -0.15) is 0 Å². The molecule has 0 saturated carbocycles. The predicted octanol–water partition coefficient (Wildman–Crippen LogP) is 4.04. The number of rotatable bonds is 7. The molecule has 0 unspecified atom stereocenters. The van der Waals surface area contributed by atoms with Crippen LogP contribution in [0.5, 0.6) is 0 Å². The highest BCUT2D eigenvalue weighted by Gasteiger charge is 2.19. The van der Waals surface area contributed by atoms with Gasteiger partial charge in [0.05, 0.1) is 17.8 Å². The van der Waals surface area contributed by atoms with E-state index in [9.17, 15) is 9.59 Å². The minimum Gasteiger partial charge on any atom is -0.457 e. The van der Waals surface area contributed by atoms with E-state index in [1.165, 1.54) is 22.7 Å². The fourth-order valence-corrected chi connectivity index (χ4v) is 4.63. The summed E-state index contributed by atoms with van der Waals surface area (Å²) < 4.78 is 7.13. The summed E-state index contributed by atoms with van der Waals surface area (Å²) in [6.07, 6.45) is 3.43. The van der Waals surface area contributed by atoms with Gasteiger partial charge in [0.2, 0.25) is 5.78 Å². The van der Waals surface area contributed by atoms with Gasteiger partial charge in [-0.05, 0) is 32.0 Å². The number of carbonyl (C=O) groups excluding carboxylic acids is 2. The van der Waals surface area contributed by atoms with Crippen molar-refractivity contribution in [3.8, 4) is 15.8 Å². The highest BCUT2D eigenvalue weighted by Crippen LogP contribution is 2.23. The molecule has 0 aliphatic heterocycles. The highest BCUT2D eigenvalue weighted by atomic mass is 32.1. The van der Waals surface area contributed by atoms with Gasteiger partial charge in [-0.1, -0.05) is 6.07 Å². The molecule has 4 rings (SSSR count). The predicted molar refractivity (Wildman–Crippen MR) is 115 cm³/mol. The molecular weight excluding hydrogens is 420 g/mol. The second kappa shape index (κ2) is 8.68. The quantitative estimate of drug-likeness (QED) is 0.320. The van der Waals surface area contributed by atoms with E-state index in [-0.39, 0.29) is 18.8 Å². The zero-order chi connectivity index (χ0) is 21.1. The molecule has 152 valence electrons. The molecule has 4 heterocycles. The third-order valence-corrected chi connectivity index (χ3v) is 6.14. The molecule has 0 bridgehead atoms. The first kappa shape index (κ1) is 20.1. The monoisotopic (exact) mass is 438 g/mol. The molecule has 0 radical (unpaired) electrons. The number of esters is 1. The number of aromatic nitrogens is 4. The molecule has 0 aliphatic carbocycles. The standard InChI is InChI=1S/C21H18N4O3S2/c1-13-9-16(14(2)25(13)21-23-7-8-29-21)18(26)11-28-19(27)10-15-12-30-20(24-15)17-5-3-4-6-22-17/h3-9,12H,10-11H2,1-2H3. The number of thiazole rings is 2. The summed E-state index contributed by atoms with van der Waals surface area (Å²) in [7, 11) is 0. The van der Waals surface area contributed by atoms with Crippen molar-refractivity contribution >= 4 is 34.4 Å². The summed E-state index contributed by atoms with van der Waals surface area (Å²) in [4.78, 5) is 37.8. The van der Waals surface area contributed by atoms with Crippen molar-refractivity contribution in [3.05, 3.63) is 70.1 Å². The lowest BCUT2D eigenvalue weighted by Gasteiger charge is -2.06. The Morgan fingerprint density at radius 3 is 2.73 bits per heavy atom. The number of hydrogen-bond donors (Lipinski definition) is 0. The van der Waals surface area contributed by atoms with Gasteiger partial charge in [0.25, 0.3) is 0 Å². The third-order valence-electron chi connectivity index (χ3n) is 4.47. The van der Waals surface area contributed by atoms with Crippen LogP contribution in [0.2, 0.25) is 0 Å². The highest BCUT2D eigenvalue weighted by molar-refractivity contribution is 7.13. The molecule has 0 spiro atoms. The lowest BCUT2D eigenvalue weighted by Crippen LogP contribution is -2.16. The Bertz CT molecular complexity index is 1180. The molecule has 0 N–H and O–H groups in total. The maximum absolute atomic E-state index is 12.6. The van der Waals surface area contributed by atoms with Gasteiger partial charge in [0, 0.05) is 40.1 Å². The summed E-state index contributed by atoms with van der Waals surface area (Å²) in [5.41, 5.74) is 3.57. The first-order chi connectivity index (χ1) is 14.5. The Morgan fingerprint density at radius 2 is 2.00 bits per heavy atom. The van der Waals surface area contributed by atoms with Crippen LogP contribution < -0.4 is 0 Å². The minimum absolute atomic E-state index is 0.00868. The largest absolute Gasteiger partial charge is 0.457 e. The van der Waals surface area contributed by atoms with Crippen molar-refractivity contribution < 1.29 is 14.3 Å². The average molecular weight is 439 g/mol. The van der Waals surface area contributed by atoms with E-state index in [0.29, 0.717) is 11.3 Å². The molecule has 4 aromatic heterocycles. The maximum Gasteiger partial charge on any atom is 0.312 e. The van der Waals surface area contributed by atoms with Gasteiger partial charge >= 0.3 is 5.97 Å². The second-order valence-electron chi connectivity index (χ2n) is 6.55. The van der Waals surface area contributed by atoms with E-state index in [0.717, 1.165) is 27.2 Å². The number of hydrogen-bond acceptors (Lipinski definition) is 8. The summed E-state index contributed by atoms with van der Waals surface area (Å²) in [6, 6.07) is 7.38. The first-order valence-electron chi connectivity index (χ1n) is 9.16. The summed E-state index contributed by atoms with van der Waals surface area (Å²) in [6.45, 7) is 3.47. The van der Waals surface area contributed by atoms with E-state index in [1.807, 2.05) is 42.0 Å². The molecule has 0 saturated heterocycles. The van der Waals surface area contributed by atoms with E-state index in [2.05, 4.69) is 15.0 Å². The van der Waals surface area contributed by atoms with Crippen LogP contribution in [-0.2, 0) is 16.0 Å². The summed E-state index contributed by atoms with van der Waals surface area (Å²) >= 11 is 2.91. The molecule has 0 atom stereocenters. The topological polar surface area (TPSA) is 87.0 Å². The number of nitrogens with zero attached hydrogens (tertiary/aromatic N) is 4. The number of ether oxygens (including phenoxy) is 1. The molecule has 4 aromatic rings. The zero-order valence-electron chi connectivity index (χ0n) is 16.4. The van der Waals surface area contributed by atoms with Gasteiger partial charge in [-0.25, -0.2) is 9.97 Å². The van der Waals surface area contributed by atoms with Gasteiger partial charge in [0.15, 0.2) is 11.7 Å². The normalized spacial score (nSPS) is 10.9. The number of pyridine rings is 1. The second-order valence-corrected chi connectivity index (χ2v) is 8.29. The molecule has 7 nitrogen and oxygen atoms in total. The Morgan fingerprint density at radius 1 is 1.13 bits per heavy atom. The van der Waals surface area contributed by atoms with Crippen molar-refractivity contribution in [3.63, 3.8) is 0 Å². The smallest absolute Gasteiger partial charge is 0.312 e. The molecule has 30 heavy (non-hydrogen) atoms. The van der Waals surface area contributed by atoms with Crippen LogP contribution in [-0.4, -0.2) is 37.9 Å². The summed E-state index contributed by atoms with van der Waals surface area (Å²) in [5.74, 6) is -0.735.